The summed E-state index contributed by atoms with van der Waals surface area (Å²) >= 11 is 0.611. The molecule has 1 aromatic carbocycles. The van der Waals surface area contributed by atoms with E-state index in [0.29, 0.717) is 23.9 Å². The molecule has 2 aromatic rings. The van der Waals surface area contributed by atoms with Crippen molar-refractivity contribution >= 4 is 17.7 Å². The first-order chi connectivity index (χ1) is 9.88. The van der Waals surface area contributed by atoms with Gasteiger partial charge in [-0.25, -0.2) is 13.2 Å². The first-order valence-corrected chi connectivity index (χ1v) is 6.46. The molecule has 0 bridgehead atoms. The van der Waals surface area contributed by atoms with E-state index < -0.39 is 40.4 Å². The molecule has 0 spiro atoms. The minimum atomic E-state index is -1.20. The van der Waals surface area contributed by atoms with Crippen molar-refractivity contribution in [3.63, 3.8) is 0 Å². The van der Waals surface area contributed by atoms with Crippen molar-refractivity contribution in [1.29, 1.82) is 0 Å². The number of carboxylic acid groups (broad SMARTS) is 1. The fourth-order valence-corrected chi connectivity index (χ4v) is 2.25. The van der Waals surface area contributed by atoms with Gasteiger partial charge in [-0.3, -0.25) is 14.2 Å². The maximum absolute atomic E-state index is 13.7. The molecule has 0 fully saturated rings. The van der Waals surface area contributed by atoms with Gasteiger partial charge in [0.05, 0.1) is 5.75 Å². The molecular formula is C12H7F3N2O3S. The van der Waals surface area contributed by atoms with E-state index in [1.165, 1.54) is 0 Å². The molecule has 2 rings (SSSR count). The predicted molar refractivity (Wildman–Crippen MR) is 68.1 cm³/mol. The van der Waals surface area contributed by atoms with Gasteiger partial charge in [-0.05, 0) is 0 Å². The summed E-state index contributed by atoms with van der Waals surface area (Å²) in [5, 5.41) is 8.40. The number of thioether (sulfide) groups is 1. The molecule has 1 N–H and O–H groups in total. The number of carbonyl (C=O) groups is 1. The highest BCUT2D eigenvalue weighted by Gasteiger charge is 2.17. The van der Waals surface area contributed by atoms with Crippen LogP contribution in [0.15, 0.2) is 34.3 Å². The van der Waals surface area contributed by atoms with Crippen LogP contribution in [0, 0.1) is 17.5 Å². The van der Waals surface area contributed by atoms with E-state index in [9.17, 15) is 22.8 Å². The summed E-state index contributed by atoms with van der Waals surface area (Å²) in [6.07, 6.45) is 1.04. The van der Waals surface area contributed by atoms with Crippen molar-refractivity contribution in [2.24, 2.45) is 0 Å². The van der Waals surface area contributed by atoms with E-state index in [1.807, 2.05) is 0 Å². The molecule has 5 nitrogen and oxygen atoms in total. The SMILES string of the molecule is O=C(O)CSc1nc(=O)ccn1-c1c(F)cc(F)cc1F. The Morgan fingerprint density at radius 3 is 2.48 bits per heavy atom. The molecule has 0 radical (unpaired) electrons. The lowest BCUT2D eigenvalue weighted by Crippen LogP contribution is -2.15. The summed E-state index contributed by atoms with van der Waals surface area (Å²) in [6.45, 7) is 0. The van der Waals surface area contributed by atoms with Crippen LogP contribution in [0.4, 0.5) is 13.2 Å². The van der Waals surface area contributed by atoms with Gasteiger partial charge in [0, 0.05) is 24.4 Å². The first kappa shape index (κ1) is 15.1. The average Bonchev–Trinajstić information content (AvgIpc) is 2.37. The Hall–Kier alpha value is -2.29. The van der Waals surface area contributed by atoms with Gasteiger partial charge in [0.15, 0.2) is 16.8 Å². The van der Waals surface area contributed by atoms with Crippen molar-refractivity contribution in [1.82, 2.24) is 9.55 Å². The minimum absolute atomic E-state index is 0.214. The van der Waals surface area contributed by atoms with Gasteiger partial charge >= 0.3 is 5.97 Å². The smallest absolute Gasteiger partial charge is 0.313 e. The van der Waals surface area contributed by atoms with Gasteiger partial charge in [-0.1, -0.05) is 11.8 Å². The summed E-state index contributed by atoms with van der Waals surface area (Å²) in [5.74, 6) is -5.14. The van der Waals surface area contributed by atoms with Crippen molar-refractivity contribution in [3.05, 3.63) is 52.2 Å². The predicted octanol–water partition coefficient (Wildman–Crippen LogP) is 1.83. The van der Waals surface area contributed by atoms with E-state index in [2.05, 4.69) is 4.98 Å². The number of aromatic nitrogens is 2. The lowest BCUT2D eigenvalue weighted by atomic mass is 10.2. The van der Waals surface area contributed by atoms with Crippen LogP contribution < -0.4 is 5.56 Å². The number of benzene rings is 1. The monoisotopic (exact) mass is 316 g/mol. The first-order valence-electron chi connectivity index (χ1n) is 5.47. The zero-order valence-corrected chi connectivity index (χ0v) is 11.0. The largest absolute Gasteiger partial charge is 0.481 e. The quantitative estimate of drug-likeness (QED) is 0.688. The number of carboxylic acids is 1. The summed E-state index contributed by atoms with van der Waals surface area (Å²) in [7, 11) is 0. The normalized spacial score (nSPS) is 10.6. The van der Waals surface area contributed by atoms with E-state index in [0.717, 1.165) is 16.8 Å². The fourth-order valence-electron chi connectivity index (χ4n) is 1.55. The van der Waals surface area contributed by atoms with E-state index in [-0.39, 0.29) is 5.16 Å². The van der Waals surface area contributed by atoms with E-state index in [1.54, 1.807) is 0 Å². The van der Waals surface area contributed by atoms with Crippen LogP contribution in [0.2, 0.25) is 0 Å². The maximum Gasteiger partial charge on any atom is 0.313 e. The third-order valence-corrected chi connectivity index (χ3v) is 3.26. The van der Waals surface area contributed by atoms with Crippen LogP contribution >= 0.6 is 11.8 Å². The highest BCUT2D eigenvalue weighted by molar-refractivity contribution is 7.99. The molecule has 1 aromatic heterocycles. The molecule has 0 aliphatic rings. The lowest BCUT2D eigenvalue weighted by Gasteiger charge is -2.12. The van der Waals surface area contributed by atoms with Crippen LogP contribution in [0.3, 0.4) is 0 Å². The number of hydrogen-bond acceptors (Lipinski definition) is 4. The molecule has 0 saturated heterocycles. The van der Waals surface area contributed by atoms with Crippen LogP contribution in [-0.4, -0.2) is 26.4 Å². The van der Waals surface area contributed by atoms with Crippen LogP contribution in [0.25, 0.3) is 5.69 Å². The Morgan fingerprint density at radius 1 is 1.29 bits per heavy atom. The zero-order chi connectivity index (χ0) is 15.6. The van der Waals surface area contributed by atoms with Gasteiger partial charge in [-0.15, -0.1) is 0 Å². The standard InChI is InChI=1S/C12H7F3N2O3S/c13-6-3-7(14)11(8(15)4-6)17-2-1-9(18)16-12(17)21-5-10(19)20/h1-4H,5H2,(H,19,20). The Labute approximate surface area is 120 Å². The third-order valence-electron chi connectivity index (χ3n) is 2.33. The highest BCUT2D eigenvalue weighted by Crippen LogP contribution is 2.24. The molecule has 0 aliphatic carbocycles. The highest BCUT2D eigenvalue weighted by atomic mass is 32.2. The third kappa shape index (κ3) is 3.43. The molecule has 1 heterocycles. The van der Waals surface area contributed by atoms with E-state index in [4.69, 9.17) is 5.11 Å². The zero-order valence-electron chi connectivity index (χ0n) is 10.2. The molecule has 0 atom stereocenters. The fraction of sp³-hybridized carbons (Fsp3) is 0.0833. The van der Waals surface area contributed by atoms with Crippen molar-refractivity contribution in [2.75, 3.05) is 5.75 Å². The van der Waals surface area contributed by atoms with Gasteiger partial charge in [-0.2, -0.15) is 4.98 Å². The Morgan fingerprint density at radius 2 is 1.90 bits per heavy atom. The topological polar surface area (TPSA) is 72.2 Å². The second-order valence-corrected chi connectivity index (χ2v) is 4.76. The number of hydrogen-bond donors (Lipinski definition) is 1. The van der Waals surface area contributed by atoms with Crippen LogP contribution in [0.5, 0.6) is 0 Å². The average molecular weight is 316 g/mol. The van der Waals surface area contributed by atoms with E-state index >= 15 is 0 Å². The number of halogens is 3. The van der Waals surface area contributed by atoms with Gasteiger partial charge in [0.25, 0.3) is 5.56 Å². The molecule has 110 valence electrons. The maximum atomic E-state index is 13.7. The number of aliphatic carboxylic acids is 1. The summed E-state index contributed by atoms with van der Waals surface area (Å²) < 4.78 is 41.3. The molecule has 0 unspecified atom stereocenters. The molecule has 0 amide bonds. The molecule has 0 saturated carbocycles. The second kappa shape index (κ2) is 6.00. The van der Waals surface area contributed by atoms with Crippen molar-refractivity contribution < 1.29 is 23.1 Å². The van der Waals surface area contributed by atoms with Crippen LogP contribution in [-0.2, 0) is 4.79 Å². The van der Waals surface area contributed by atoms with Crippen LogP contribution in [0.1, 0.15) is 0 Å². The molecule has 0 aliphatic heterocycles. The Kier molecular flexibility index (Phi) is 4.32. The Balaban J connectivity index is 2.58. The summed E-state index contributed by atoms with van der Waals surface area (Å²) in [4.78, 5) is 25.3. The molecule has 9 heteroatoms. The Bertz CT molecular complexity index is 741. The van der Waals surface area contributed by atoms with Crippen molar-refractivity contribution in [3.8, 4) is 5.69 Å². The summed E-state index contributed by atoms with van der Waals surface area (Å²) in [5.41, 5.74) is -1.33. The molecule has 21 heavy (non-hydrogen) atoms. The lowest BCUT2D eigenvalue weighted by molar-refractivity contribution is -0.133. The minimum Gasteiger partial charge on any atom is -0.481 e. The second-order valence-electron chi connectivity index (χ2n) is 3.82. The van der Waals surface area contributed by atoms with Gasteiger partial charge in [0.2, 0.25) is 0 Å². The summed E-state index contributed by atoms with van der Waals surface area (Å²) in [6, 6.07) is 1.90. The van der Waals surface area contributed by atoms with Gasteiger partial charge < -0.3 is 5.11 Å². The number of nitrogens with zero attached hydrogens (tertiary/aromatic N) is 2. The molecular weight excluding hydrogens is 309 g/mol. The van der Waals surface area contributed by atoms with Crippen molar-refractivity contribution in [2.45, 2.75) is 5.16 Å². The van der Waals surface area contributed by atoms with Gasteiger partial charge in [0.1, 0.15) is 11.5 Å². The number of rotatable bonds is 4.